The van der Waals surface area contributed by atoms with Crippen molar-refractivity contribution < 1.29 is 4.74 Å². The van der Waals surface area contributed by atoms with Crippen LogP contribution >= 0.6 is 15.9 Å². The van der Waals surface area contributed by atoms with Crippen molar-refractivity contribution in [3.05, 3.63) is 11.6 Å². The Kier molecular flexibility index (Phi) is 4.92. The van der Waals surface area contributed by atoms with Gasteiger partial charge >= 0.3 is 0 Å². The Bertz CT molecular complexity index is 330. The third-order valence-electron chi connectivity index (χ3n) is 2.11. The second-order valence-corrected chi connectivity index (χ2v) is 5.28. The van der Waals surface area contributed by atoms with Crippen molar-refractivity contribution in [2.24, 2.45) is 0 Å². The Morgan fingerprint density at radius 3 is 2.38 bits per heavy atom. The van der Waals surface area contributed by atoms with Gasteiger partial charge in [0.1, 0.15) is 12.4 Å². The zero-order valence-corrected chi connectivity index (χ0v) is 12.0. The second-order valence-electron chi connectivity index (χ2n) is 4.72. The number of aromatic nitrogens is 3. The van der Waals surface area contributed by atoms with E-state index in [9.17, 15) is 0 Å². The van der Waals surface area contributed by atoms with Crippen LogP contribution in [0.5, 0.6) is 0 Å². The van der Waals surface area contributed by atoms with Crippen LogP contribution < -0.4 is 0 Å². The van der Waals surface area contributed by atoms with Crippen LogP contribution in [-0.4, -0.2) is 20.4 Å². The molecule has 0 atom stereocenters. The maximum atomic E-state index is 5.72. The highest BCUT2D eigenvalue weighted by molar-refractivity contribution is 9.08. The lowest BCUT2D eigenvalue weighted by atomic mass is 10.2. The van der Waals surface area contributed by atoms with Gasteiger partial charge in [-0.1, -0.05) is 22.9 Å². The molecule has 16 heavy (non-hydrogen) atoms. The summed E-state index contributed by atoms with van der Waals surface area (Å²) in [5.41, 5.74) is -0.141. The molecule has 92 valence electrons. The Morgan fingerprint density at radius 1 is 1.25 bits per heavy atom. The van der Waals surface area contributed by atoms with E-state index >= 15 is 0 Å². The molecule has 0 radical (unpaired) electrons. The molecule has 0 spiro atoms. The van der Waals surface area contributed by atoms with Crippen molar-refractivity contribution in [1.82, 2.24) is 14.8 Å². The van der Waals surface area contributed by atoms with Crippen molar-refractivity contribution in [1.29, 1.82) is 0 Å². The first kappa shape index (κ1) is 13.6. The summed E-state index contributed by atoms with van der Waals surface area (Å²) in [4.78, 5) is 0. The number of halogens is 1. The Labute approximate surface area is 106 Å². The lowest BCUT2D eigenvalue weighted by Gasteiger charge is -2.19. The third-order valence-corrected chi connectivity index (χ3v) is 2.61. The predicted molar refractivity (Wildman–Crippen MR) is 67.5 cm³/mol. The molecule has 1 rings (SSSR count). The lowest BCUT2D eigenvalue weighted by molar-refractivity contribution is -0.0194. The molecule has 1 aromatic heterocycles. The van der Waals surface area contributed by atoms with Crippen molar-refractivity contribution in [3.8, 4) is 0 Å². The molecular formula is C11H20BrN3O. The molecule has 5 heteroatoms. The summed E-state index contributed by atoms with van der Waals surface area (Å²) >= 11 is 3.42. The smallest absolute Gasteiger partial charge is 0.159 e. The maximum Gasteiger partial charge on any atom is 0.159 e. The molecule has 1 aromatic rings. The molecule has 1 heterocycles. The molecule has 0 amide bonds. The van der Waals surface area contributed by atoms with Crippen LogP contribution in [0.1, 0.15) is 45.8 Å². The summed E-state index contributed by atoms with van der Waals surface area (Å²) in [5, 5.41) is 9.04. The Balaban J connectivity index is 2.75. The number of rotatable bonds is 5. The molecule has 0 aliphatic carbocycles. The van der Waals surface area contributed by atoms with Crippen LogP contribution in [0.3, 0.4) is 0 Å². The molecule has 0 fully saturated rings. The summed E-state index contributed by atoms with van der Waals surface area (Å²) in [7, 11) is 0. The fourth-order valence-corrected chi connectivity index (χ4v) is 1.76. The zero-order valence-electron chi connectivity index (χ0n) is 10.5. The molecule has 0 aliphatic heterocycles. The van der Waals surface area contributed by atoms with Crippen LogP contribution in [0.15, 0.2) is 0 Å². The van der Waals surface area contributed by atoms with Gasteiger partial charge in [-0.05, 0) is 27.2 Å². The minimum Gasteiger partial charge on any atom is -0.368 e. The Hall–Kier alpha value is -0.420. The zero-order chi connectivity index (χ0) is 12.2. The number of ether oxygens (including phenoxy) is 1. The first-order valence-corrected chi connectivity index (χ1v) is 6.71. The van der Waals surface area contributed by atoms with E-state index in [4.69, 9.17) is 4.74 Å². The van der Waals surface area contributed by atoms with Crippen LogP contribution in [0.25, 0.3) is 0 Å². The van der Waals surface area contributed by atoms with Crippen LogP contribution in [0.2, 0.25) is 0 Å². The molecule has 0 aliphatic rings. The van der Waals surface area contributed by atoms with E-state index in [-0.39, 0.29) is 5.60 Å². The highest BCUT2D eigenvalue weighted by atomic mass is 79.9. The highest BCUT2D eigenvalue weighted by Gasteiger charge is 2.15. The number of hydrogen-bond acceptors (Lipinski definition) is 3. The van der Waals surface area contributed by atoms with E-state index < -0.39 is 0 Å². The first-order valence-electron chi connectivity index (χ1n) is 5.58. The van der Waals surface area contributed by atoms with Gasteiger partial charge in [-0.25, -0.2) is 0 Å². The maximum absolute atomic E-state index is 5.72. The van der Waals surface area contributed by atoms with Crippen molar-refractivity contribution in [3.63, 3.8) is 0 Å². The minimum atomic E-state index is -0.141. The van der Waals surface area contributed by atoms with E-state index in [0.29, 0.717) is 6.61 Å². The van der Waals surface area contributed by atoms with Crippen LogP contribution in [0, 0.1) is 0 Å². The summed E-state index contributed by atoms with van der Waals surface area (Å²) in [5.74, 6) is 1.88. The van der Waals surface area contributed by atoms with E-state index in [1.54, 1.807) is 0 Å². The largest absolute Gasteiger partial charge is 0.368 e. The summed E-state index contributed by atoms with van der Waals surface area (Å²) in [6, 6.07) is 0. The van der Waals surface area contributed by atoms with E-state index in [1.165, 1.54) is 0 Å². The quantitative estimate of drug-likeness (QED) is 0.783. The third kappa shape index (κ3) is 3.87. The lowest BCUT2D eigenvalue weighted by Crippen LogP contribution is -2.20. The van der Waals surface area contributed by atoms with Gasteiger partial charge < -0.3 is 9.30 Å². The van der Waals surface area contributed by atoms with Gasteiger partial charge in [-0.3, -0.25) is 0 Å². The van der Waals surface area contributed by atoms with Gasteiger partial charge in [0, 0.05) is 6.54 Å². The molecule has 0 N–H and O–H groups in total. The normalized spacial score (nSPS) is 12.1. The average Bonchev–Trinajstić information content (AvgIpc) is 2.57. The van der Waals surface area contributed by atoms with Gasteiger partial charge in [-0.2, -0.15) is 0 Å². The fourth-order valence-electron chi connectivity index (χ4n) is 1.34. The molecule has 0 saturated carbocycles. The average molecular weight is 290 g/mol. The molecule has 0 aromatic carbocycles. The predicted octanol–water partition coefficient (Wildman–Crippen LogP) is 2.90. The van der Waals surface area contributed by atoms with E-state index in [1.807, 2.05) is 20.8 Å². The van der Waals surface area contributed by atoms with Crippen molar-refractivity contribution >= 4 is 15.9 Å². The second kappa shape index (κ2) is 5.77. The van der Waals surface area contributed by atoms with Crippen LogP contribution in [0.4, 0.5) is 0 Å². The van der Waals surface area contributed by atoms with E-state index in [0.717, 1.165) is 29.9 Å². The highest BCUT2D eigenvalue weighted by Crippen LogP contribution is 2.13. The summed E-state index contributed by atoms with van der Waals surface area (Å²) in [6.07, 6.45) is 1.07. The molecule has 0 unspecified atom stereocenters. The van der Waals surface area contributed by atoms with Gasteiger partial charge in [-0.15, -0.1) is 10.2 Å². The monoisotopic (exact) mass is 289 g/mol. The fraction of sp³-hybridized carbons (Fsp3) is 0.818. The SMILES string of the molecule is CCCn1c(CBr)nnc1COC(C)(C)C. The minimum absolute atomic E-state index is 0.141. The molecule has 0 saturated heterocycles. The van der Waals surface area contributed by atoms with Gasteiger partial charge in [0.15, 0.2) is 5.82 Å². The van der Waals surface area contributed by atoms with Crippen molar-refractivity contribution in [2.75, 3.05) is 0 Å². The molecule has 4 nitrogen and oxygen atoms in total. The van der Waals surface area contributed by atoms with Gasteiger partial charge in [0.25, 0.3) is 0 Å². The summed E-state index contributed by atoms with van der Waals surface area (Å²) < 4.78 is 7.85. The number of nitrogens with zero attached hydrogens (tertiary/aromatic N) is 3. The van der Waals surface area contributed by atoms with Gasteiger partial charge in [0.05, 0.1) is 10.9 Å². The number of alkyl halides is 1. The summed E-state index contributed by atoms with van der Waals surface area (Å²) in [6.45, 7) is 9.73. The van der Waals surface area contributed by atoms with Gasteiger partial charge in [0.2, 0.25) is 0 Å². The molecular weight excluding hydrogens is 270 g/mol. The van der Waals surface area contributed by atoms with Crippen molar-refractivity contribution in [2.45, 2.75) is 58.2 Å². The number of hydrogen-bond donors (Lipinski definition) is 0. The Morgan fingerprint density at radius 2 is 1.88 bits per heavy atom. The molecule has 0 bridgehead atoms. The first-order chi connectivity index (χ1) is 7.48. The topological polar surface area (TPSA) is 39.9 Å². The van der Waals surface area contributed by atoms with Crippen LogP contribution in [-0.2, 0) is 23.2 Å². The van der Waals surface area contributed by atoms with E-state index in [2.05, 4.69) is 37.6 Å². The standard InChI is InChI=1S/C11H20BrN3O/c1-5-6-15-9(7-12)13-14-10(15)8-16-11(2,3)4/h5-8H2,1-4H3.